The van der Waals surface area contributed by atoms with Gasteiger partial charge >= 0.3 is 0 Å². The first-order valence-corrected chi connectivity index (χ1v) is 11.5. The number of thioether (sulfide) groups is 1. The molecule has 0 aliphatic rings. The third-order valence-electron chi connectivity index (χ3n) is 5.07. The zero-order valence-corrected chi connectivity index (χ0v) is 19.2. The van der Waals surface area contributed by atoms with E-state index in [1.165, 1.54) is 11.8 Å². The van der Waals surface area contributed by atoms with Crippen LogP contribution in [0.15, 0.2) is 52.0 Å². The van der Waals surface area contributed by atoms with Crippen molar-refractivity contribution in [3.05, 3.63) is 58.6 Å². The molecule has 6 nitrogen and oxygen atoms in total. The van der Waals surface area contributed by atoms with E-state index in [9.17, 15) is 4.79 Å². The van der Waals surface area contributed by atoms with Gasteiger partial charge in [-0.15, -0.1) is 10.2 Å². The summed E-state index contributed by atoms with van der Waals surface area (Å²) < 4.78 is 7.88. The summed E-state index contributed by atoms with van der Waals surface area (Å²) in [6, 6.07) is 13.4. The van der Waals surface area contributed by atoms with Crippen molar-refractivity contribution in [2.75, 3.05) is 11.1 Å². The van der Waals surface area contributed by atoms with Gasteiger partial charge in [0, 0.05) is 22.6 Å². The Balaban J connectivity index is 1.51. The Labute approximate surface area is 190 Å². The average Bonchev–Trinajstić information content (AvgIpc) is 3.36. The summed E-state index contributed by atoms with van der Waals surface area (Å²) in [5.74, 6) is 1.42. The smallest absolute Gasteiger partial charge is 0.234 e. The van der Waals surface area contributed by atoms with Crippen LogP contribution in [-0.4, -0.2) is 26.4 Å². The Morgan fingerprint density at radius 3 is 2.81 bits per heavy atom. The molecule has 0 saturated carbocycles. The highest BCUT2D eigenvalue weighted by Gasteiger charge is 2.18. The zero-order chi connectivity index (χ0) is 22.0. The van der Waals surface area contributed by atoms with Crippen LogP contribution in [0.25, 0.3) is 22.6 Å². The van der Waals surface area contributed by atoms with Crippen molar-refractivity contribution < 1.29 is 9.21 Å². The lowest BCUT2D eigenvalue weighted by Crippen LogP contribution is -2.16. The zero-order valence-electron chi connectivity index (χ0n) is 17.6. The molecule has 31 heavy (non-hydrogen) atoms. The van der Waals surface area contributed by atoms with E-state index in [0.29, 0.717) is 28.3 Å². The predicted octanol–water partition coefficient (Wildman–Crippen LogP) is 5.97. The SMILES string of the molecule is CCc1cccc(C)c1NC(=O)CSc1nnc(-c2cc3cc(Cl)ccc3o2)n1CC. The highest BCUT2D eigenvalue weighted by Crippen LogP contribution is 2.31. The van der Waals surface area contributed by atoms with Crippen LogP contribution in [0.5, 0.6) is 0 Å². The Kier molecular flexibility index (Phi) is 6.34. The van der Waals surface area contributed by atoms with Crippen molar-refractivity contribution in [3.63, 3.8) is 0 Å². The molecule has 1 N–H and O–H groups in total. The highest BCUT2D eigenvalue weighted by molar-refractivity contribution is 7.99. The molecule has 0 bridgehead atoms. The fourth-order valence-corrected chi connectivity index (χ4v) is 4.48. The summed E-state index contributed by atoms with van der Waals surface area (Å²) in [7, 11) is 0. The first-order valence-electron chi connectivity index (χ1n) is 10.1. The number of aryl methyl sites for hydroxylation is 2. The number of furan rings is 1. The molecule has 4 rings (SSSR count). The minimum atomic E-state index is -0.0698. The molecule has 160 valence electrons. The Bertz CT molecular complexity index is 1250. The second-order valence-electron chi connectivity index (χ2n) is 7.14. The van der Waals surface area contributed by atoms with Gasteiger partial charge in [-0.05, 0) is 55.7 Å². The van der Waals surface area contributed by atoms with Crippen molar-refractivity contribution in [2.24, 2.45) is 0 Å². The number of aromatic nitrogens is 3. The van der Waals surface area contributed by atoms with Crippen LogP contribution in [0.2, 0.25) is 5.02 Å². The Morgan fingerprint density at radius 1 is 1.19 bits per heavy atom. The fourth-order valence-electron chi connectivity index (χ4n) is 3.49. The average molecular weight is 455 g/mol. The van der Waals surface area contributed by atoms with Crippen LogP contribution >= 0.6 is 23.4 Å². The predicted molar refractivity (Wildman–Crippen MR) is 126 cm³/mol. The van der Waals surface area contributed by atoms with Crippen LogP contribution < -0.4 is 5.32 Å². The van der Waals surface area contributed by atoms with Gasteiger partial charge in [0.25, 0.3) is 0 Å². The quantitative estimate of drug-likeness (QED) is 0.348. The first kappa shape index (κ1) is 21.5. The molecular formula is C23H23ClN4O2S. The lowest BCUT2D eigenvalue weighted by Gasteiger charge is -2.13. The van der Waals surface area contributed by atoms with E-state index >= 15 is 0 Å². The number of fused-ring (bicyclic) bond motifs is 1. The van der Waals surface area contributed by atoms with Crippen LogP contribution in [0.3, 0.4) is 0 Å². The molecule has 0 aliphatic heterocycles. The third-order valence-corrected chi connectivity index (χ3v) is 6.27. The number of anilines is 1. The summed E-state index contributed by atoms with van der Waals surface area (Å²) in [6.07, 6.45) is 0.862. The van der Waals surface area contributed by atoms with Crippen molar-refractivity contribution >= 4 is 45.9 Å². The van der Waals surface area contributed by atoms with E-state index < -0.39 is 0 Å². The summed E-state index contributed by atoms with van der Waals surface area (Å²) in [5.41, 5.74) is 3.82. The number of carbonyl (C=O) groups excluding carboxylic acids is 1. The van der Waals surface area contributed by atoms with Crippen molar-refractivity contribution in [1.29, 1.82) is 0 Å². The molecule has 8 heteroatoms. The number of carbonyl (C=O) groups is 1. The van der Waals surface area contributed by atoms with Gasteiger partial charge in [-0.1, -0.05) is 48.5 Å². The number of benzene rings is 2. The van der Waals surface area contributed by atoms with Crippen molar-refractivity contribution in [3.8, 4) is 11.6 Å². The van der Waals surface area contributed by atoms with Crippen molar-refractivity contribution in [2.45, 2.75) is 38.9 Å². The van der Waals surface area contributed by atoms with Gasteiger partial charge in [-0.2, -0.15) is 0 Å². The maximum Gasteiger partial charge on any atom is 0.234 e. The normalized spacial score (nSPS) is 11.2. The standard InChI is InChI=1S/C23H23ClN4O2S/c1-4-15-8-6-7-14(3)21(15)25-20(29)13-31-23-27-26-22(28(23)5-2)19-12-16-11-17(24)9-10-18(16)30-19/h6-12H,4-5,13H2,1-3H3,(H,25,29). The molecule has 2 aromatic carbocycles. The lowest BCUT2D eigenvalue weighted by molar-refractivity contribution is -0.113. The molecule has 0 atom stereocenters. The first-order chi connectivity index (χ1) is 15.0. The van der Waals surface area contributed by atoms with Gasteiger partial charge in [0.15, 0.2) is 10.9 Å². The largest absolute Gasteiger partial charge is 0.453 e. The minimum absolute atomic E-state index is 0.0698. The molecule has 4 aromatic rings. The van der Waals surface area contributed by atoms with Gasteiger partial charge in [0.05, 0.1) is 5.75 Å². The number of hydrogen-bond donors (Lipinski definition) is 1. The highest BCUT2D eigenvalue weighted by atomic mass is 35.5. The Hall–Kier alpha value is -2.77. The Morgan fingerprint density at radius 2 is 2.03 bits per heavy atom. The lowest BCUT2D eigenvalue weighted by atomic mass is 10.1. The van der Waals surface area contributed by atoms with E-state index in [-0.39, 0.29) is 11.7 Å². The molecule has 0 unspecified atom stereocenters. The summed E-state index contributed by atoms with van der Waals surface area (Å²) >= 11 is 7.44. The van der Waals surface area contributed by atoms with Gasteiger partial charge in [-0.3, -0.25) is 9.36 Å². The van der Waals surface area contributed by atoms with E-state index in [0.717, 1.165) is 34.2 Å². The topological polar surface area (TPSA) is 73.0 Å². The molecule has 2 heterocycles. The second kappa shape index (κ2) is 9.16. The van der Waals surface area contributed by atoms with Crippen LogP contribution in [0, 0.1) is 6.92 Å². The van der Waals surface area contributed by atoms with E-state index in [1.54, 1.807) is 6.07 Å². The van der Waals surface area contributed by atoms with Gasteiger partial charge in [-0.25, -0.2) is 0 Å². The number of para-hydroxylation sites is 1. The molecule has 0 saturated heterocycles. The van der Waals surface area contributed by atoms with E-state index in [1.807, 2.05) is 54.8 Å². The molecule has 0 radical (unpaired) electrons. The van der Waals surface area contributed by atoms with Crippen LogP contribution in [0.4, 0.5) is 5.69 Å². The summed E-state index contributed by atoms with van der Waals surface area (Å²) in [5, 5.41) is 13.9. The van der Waals surface area contributed by atoms with Crippen LogP contribution in [0.1, 0.15) is 25.0 Å². The molecule has 0 aliphatic carbocycles. The number of hydrogen-bond acceptors (Lipinski definition) is 5. The van der Waals surface area contributed by atoms with Gasteiger partial charge in [0.2, 0.25) is 11.7 Å². The van der Waals surface area contributed by atoms with Crippen molar-refractivity contribution in [1.82, 2.24) is 14.8 Å². The third kappa shape index (κ3) is 4.48. The molecule has 0 fully saturated rings. The number of rotatable bonds is 7. The summed E-state index contributed by atoms with van der Waals surface area (Å²) in [4.78, 5) is 12.6. The second-order valence-corrected chi connectivity index (χ2v) is 8.52. The number of nitrogens with zero attached hydrogens (tertiary/aromatic N) is 3. The van der Waals surface area contributed by atoms with Gasteiger partial charge in [0.1, 0.15) is 5.58 Å². The fraction of sp³-hybridized carbons (Fsp3) is 0.261. The number of halogens is 1. The molecule has 0 spiro atoms. The molecular weight excluding hydrogens is 432 g/mol. The molecule has 2 aromatic heterocycles. The minimum Gasteiger partial charge on any atom is -0.453 e. The monoisotopic (exact) mass is 454 g/mol. The van der Waals surface area contributed by atoms with Gasteiger partial charge < -0.3 is 9.73 Å². The number of nitrogens with one attached hydrogen (secondary N) is 1. The number of amides is 1. The summed E-state index contributed by atoms with van der Waals surface area (Å²) in [6.45, 7) is 6.75. The van der Waals surface area contributed by atoms with E-state index in [2.05, 4.69) is 22.4 Å². The maximum atomic E-state index is 12.6. The molecule has 1 amide bonds. The van der Waals surface area contributed by atoms with Crippen LogP contribution in [-0.2, 0) is 17.8 Å². The maximum absolute atomic E-state index is 12.6. The van der Waals surface area contributed by atoms with E-state index in [4.69, 9.17) is 16.0 Å².